The van der Waals surface area contributed by atoms with Crippen molar-refractivity contribution >= 4 is 0 Å². The van der Waals surface area contributed by atoms with E-state index in [1.54, 1.807) is 13.0 Å². The first-order valence-electron chi connectivity index (χ1n) is 3.76. The van der Waals surface area contributed by atoms with Gasteiger partial charge >= 0.3 is 5.69 Å². The highest BCUT2D eigenvalue weighted by Gasteiger charge is 2.10. The number of rotatable bonds is 1. The topological polar surface area (TPSA) is 76.7 Å². The summed E-state index contributed by atoms with van der Waals surface area (Å²) in [6.45, 7) is 3.57. The summed E-state index contributed by atoms with van der Waals surface area (Å²) in [5.74, 6) is 1.39. The van der Waals surface area contributed by atoms with E-state index in [9.17, 15) is 4.79 Å². The minimum Gasteiger partial charge on any atom is -0.464 e. The summed E-state index contributed by atoms with van der Waals surface area (Å²) in [4.78, 5) is 11.1. The number of aromatic nitrogens is 4. The van der Waals surface area contributed by atoms with Crippen molar-refractivity contribution in [3.05, 3.63) is 28.1 Å². The molecule has 0 radical (unpaired) electrons. The molecule has 0 amide bonds. The van der Waals surface area contributed by atoms with Gasteiger partial charge in [-0.3, -0.25) is 0 Å². The highest BCUT2D eigenvalue weighted by Crippen LogP contribution is 2.15. The first-order valence-corrected chi connectivity index (χ1v) is 3.76. The van der Waals surface area contributed by atoms with E-state index in [2.05, 4.69) is 15.5 Å². The predicted molar refractivity (Wildman–Crippen MR) is 43.7 cm³/mol. The summed E-state index contributed by atoms with van der Waals surface area (Å²) in [5.41, 5.74) is 0.250. The van der Waals surface area contributed by atoms with E-state index in [0.717, 1.165) is 10.4 Å². The summed E-state index contributed by atoms with van der Waals surface area (Å²) in [6.07, 6.45) is 0. The zero-order valence-electron chi connectivity index (χ0n) is 7.24. The molecule has 0 spiro atoms. The van der Waals surface area contributed by atoms with Crippen LogP contribution in [0.15, 0.2) is 15.3 Å². The van der Waals surface area contributed by atoms with Crippen molar-refractivity contribution in [2.75, 3.05) is 0 Å². The molecule has 0 bridgehead atoms. The summed E-state index contributed by atoms with van der Waals surface area (Å²) in [5, 5.41) is 9.19. The number of tetrazole rings is 1. The van der Waals surface area contributed by atoms with Gasteiger partial charge in [0, 0.05) is 6.07 Å². The summed E-state index contributed by atoms with van der Waals surface area (Å²) in [7, 11) is 0. The Bertz CT molecular complexity index is 479. The maximum Gasteiger partial charge on any atom is 0.365 e. The Balaban J connectivity index is 2.65. The van der Waals surface area contributed by atoms with Crippen LogP contribution in [-0.4, -0.2) is 20.2 Å². The van der Waals surface area contributed by atoms with Crippen LogP contribution in [0.5, 0.6) is 0 Å². The van der Waals surface area contributed by atoms with Gasteiger partial charge in [0.1, 0.15) is 17.2 Å². The zero-order valence-corrected chi connectivity index (χ0v) is 7.24. The minimum atomic E-state index is -0.371. The maximum atomic E-state index is 11.1. The van der Waals surface area contributed by atoms with Crippen molar-refractivity contribution in [2.45, 2.75) is 13.8 Å². The first kappa shape index (κ1) is 7.78. The van der Waals surface area contributed by atoms with Gasteiger partial charge in [-0.2, -0.15) is 4.68 Å². The van der Waals surface area contributed by atoms with E-state index in [4.69, 9.17) is 4.42 Å². The van der Waals surface area contributed by atoms with Crippen LogP contribution in [0.25, 0.3) is 5.69 Å². The van der Waals surface area contributed by atoms with Gasteiger partial charge in [0.15, 0.2) is 0 Å². The van der Waals surface area contributed by atoms with Crippen LogP contribution >= 0.6 is 0 Å². The Labute approximate surface area is 73.2 Å². The Morgan fingerprint density at radius 2 is 2.31 bits per heavy atom. The molecule has 0 unspecified atom stereocenters. The van der Waals surface area contributed by atoms with Crippen molar-refractivity contribution < 1.29 is 4.42 Å². The number of aromatic amines is 1. The second-order valence-electron chi connectivity index (χ2n) is 2.72. The quantitative estimate of drug-likeness (QED) is 0.678. The van der Waals surface area contributed by atoms with Gasteiger partial charge in [-0.05, 0) is 24.3 Å². The molecule has 2 aromatic heterocycles. The van der Waals surface area contributed by atoms with Crippen LogP contribution in [0, 0.1) is 13.8 Å². The molecule has 0 saturated carbocycles. The molecular weight excluding hydrogens is 172 g/mol. The number of furan rings is 1. The molecule has 0 aliphatic heterocycles. The molecule has 6 nitrogen and oxygen atoms in total. The van der Waals surface area contributed by atoms with Crippen LogP contribution in [0.1, 0.15) is 11.5 Å². The number of hydrogen-bond acceptors (Lipinski definition) is 4. The highest BCUT2D eigenvalue weighted by atomic mass is 16.3. The highest BCUT2D eigenvalue weighted by molar-refractivity contribution is 5.34. The Hall–Kier alpha value is -1.85. The van der Waals surface area contributed by atoms with Crippen LogP contribution in [0.2, 0.25) is 0 Å². The number of hydrogen-bond donors (Lipinski definition) is 1. The molecule has 1 N–H and O–H groups in total. The minimum absolute atomic E-state index is 0.371. The molecule has 0 fully saturated rings. The largest absolute Gasteiger partial charge is 0.464 e. The van der Waals surface area contributed by atoms with Crippen LogP contribution in [-0.2, 0) is 0 Å². The Morgan fingerprint density at radius 1 is 1.54 bits per heavy atom. The van der Waals surface area contributed by atoms with Crippen molar-refractivity contribution in [3.8, 4) is 5.69 Å². The van der Waals surface area contributed by atoms with Crippen molar-refractivity contribution in [2.24, 2.45) is 0 Å². The van der Waals surface area contributed by atoms with Crippen LogP contribution in [0.4, 0.5) is 0 Å². The number of nitrogens with zero attached hydrogens (tertiary/aromatic N) is 3. The van der Waals surface area contributed by atoms with Gasteiger partial charge in [-0.1, -0.05) is 0 Å². The maximum absolute atomic E-state index is 11.1. The summed E-state index contributed by atoms with van der Waals surface area (Å²) >= 11 is 0. The standard InChI is InChI=1S/C7H8N4O2/c1-4-3-6(5(2)13-4)11-7(12)8-9-10-11/h3H,1-2H3,(H,8,10,12). The average molecular weight is 180 g/mol. The van der Waals surface area contributed by atoms with Gasteiger partial charge in [-0.15, -0.1) is 0 Å². The summed E-state index contributed by atoms with van der Waals surface area (Å²) in [6, 6.07) is 1.74. The average Bonchev–Trinajstić information content (AvgIpc) is 2.58. The molecule has 0 saturated heterocycles. The normalized spacial score (nSPS) is 10.6. The second kappa shape index (κ2) is 2.58. The zero-order chi connectivity index (χ0) is 9.42. The van der Waals surface area contributed by atoms with Crippen molar-refractivity contribution in [1.29, 1.82) is 0 Å². The lowest BCUT2D eigenvalue weighted by atomic mass is 10.4. The molecule has 2 rings (SSSR count). The fourth-order valence-corrected chi connectivity index (χ4v) is 1.18. The third kappa shape index (κ3) is 1.16. The second-order valence-corrected chi connectivity index (χ2v) is 2.72. The number of aryl methyl sites for hydroxylation is 2. The van der Waals surface area contributed by atoms with Gasteiger partial charge < -0.3 is 4.42 Å². The van der Waals surface area contributed by atoms with Crippen molar-refractivity contribution in [1.82, 2.24) is 20.2 Å². The molecular formula is C7H8N4O2. The van der Waals surface area contributed by atoms with E-state index in [0.29, 0.717) is 11.4 Å². The first-order chi connectivity index (χ1) is 6.18. The van der Waals surface area contributed by atoms with Crippen molar-refractivity contribution in [3.63, 3.8) is 0 Å². The molecule has 0 aromatic carbocycles. The third-order valence-corrected chi connectivity index (χ3v) is 1.72. The lowest BCUT2D eigenvalue weighted by Gasteiger charge is -1.91. The van der Waals surface area contributed by atoms with Gasteiger partial charge in [0.25, 0.3) is 0 Å². The number of nitrogens with one attached hydrogen (secondary N) is 1. The molecule has 13 heavy (non-hydrogen) atoms. The fraction of sp³-hybridized carbons (Fsp3) is 0.286. The lowest BCUT2D eigenvalue weighted by Crippen LogP contribution is -2.15. The third-order valence-electron chi connectivity index (χ3n) is 1.72. The Morgan fingerprint density at radius 3 is 2.77 bits per heavy atom. The molecule has 0 aliphatic rings. The van der Waals surface area contributed by atoms with E-state index in [-0.39, 0.29) is 5.69 Å². The molecule has 2 aromatic rings. The van der Waals surface area contributed by atoms with E-state index >= 15 is 0 Å². The van der Waals surface area contributed by atoms with E-state index < -0.39 is 0 Å². The Kier molecular flexibility index (Phi) is 1.54. The monoisotopic (exact) mass is 180 g/mol. The van der Waals surface area contributed by atoms with Crippen LogP contribution in [0.3, 0.4) is 0 Å². The van der Waals surface area contributed by atoms with Gasteiger partial charge in [-0.25, -0.2) is 9.89 Å². The fourth-order valence-electron chi connectivity index (χ4n) is 1.18. The molecule has 6 heteroatoms. The smallest absolute Gasteiger partial charge is 0.365 e. The van der Waals surface area contributed by atoms with Gasteiger partial charge in [0.05, 0.1) is 0 Å². The molecule has 68 valence electrons. The van der Waals surface area contributed by atoms with Gasteiger partial charge in [0.2, 0.25) is 0 Å². The number of H-pyrrole nitrogens is 1. The SMILES string of the molecule is Cc1cc(-n2nn[nH]c2=O)c(C)o1. The summed E-state index contributed by atoms with van der Waals surface area (Å²) < 4.78 is 6.41. The van der Waals surface area contributed by atoms with E-state index in [1.165, 1.54) is 0 Å². The van der Waals surface area contributed by atoms with E-state index in [1.807, 2.05) is 6.92 Å². The molecule has 2 heterocycles. The molecule has 0 atom stereocenters. The predicted octanol–water partition coefficient (Wildman–Crippen LogP) is 0.165. The van der Waals surface area contributed by atoms with Crippen LogP contribution < -0.4 is 5.69 Å². The molecule has 0 aliphatic carbocycles. The lowest BCUT2D eigenvalue weighted by molar-refractivity contribution is 0.501.